The van der Waals surface area contributed by atoms with E-state index in [-0.39, 0.29) is 5.95 Å². The second-order valence-corrected chi connectivity index (χ2v) is 3.62. The normalized spacial score (nSPS) is 9.80. The molecule has 0 spiro atoms. The molecule has 0 saturated carbocycles. The van der Waals surface area contributed by atoms with Crippen LogP contribution in [0.3, 0.4) is 0 Å². The molecular formula is C4H4I2N4. The highest BCUT2D eigenvalue weighted by atomic mass is 127. The summed E-state index contributed by atoms with van der Waals surface area (Å²) in [6.45, 7) is 0. The first-order valence-corrected chi connectivity index (χ1v) is 4.51. The third kappa shape index (κ3) is 1.59. The standard InChI is InChI=1S/C4H4I2N4/c5-2-1(7)3(6)10-4(8)9-2/h7H2,(H2,8,9,10). The van der Waals surface area contributed by atoms with E-state index in [4.69, 9.17) is 11.5 Å². The largest absolute Gasteiger partial charge is 0.394 e. The molecule has 10 heavy (non-hydrogen) atoms. The van der Waals surface area contributed by atoms with Crippen molar-refractivity contribution in [2.75, 3.05) is 11.5 Å². The Balaban J connectivity index is 3.31. The molecule has 1 heterocycles. The quantitative estimate of drug-likeness (QED) is 0.530. The van der Waals surface area contributed by atoms with Crippen LogP contribution >= 0.6 is 45.2 Å². The van der Waals surface area contributed by atoms with Crippen LogP contribution in [0.4, 0.5) is 11.6 Å². The first-order chi connectivity index (χ1) is 4.61. The summed E-state index contributed by atoms with van der Waals surface area (Å²) in [7, 11) is 0. The van der Waals surface area contributed by atoms with E-state index in [1.54, 1.807) is 0 Å². The number of halogens is 2. The van der Waals surface area contributed by atoms with E-state index in [0.29, 0.717) is 13.1 Å². The minimum atomic E-state index is 0.267. The molecule has 0 aliphatic heterocycles. The lowest BCUT2D eigenvalue weighted by Gasteiger charge is -1.99. The van der Waals surface area contributed by atoms with Crippen molar-refractivity contribution in [3.05, 3.63) is 7.40 Å². The smallest absolute Gasteiger partial charge is 0.222 e. The predicted octanol–water partition coefficient (Wildman–Crippen LogP) is 0.850. The second kappa shape index (κ2) is 3.03. The van der Waals surface area contributed by atoms with Crippen LogP contribution < -0.4 is 11.5 Å². The van der Waals surface area contributed by atoms with Gasteiger partial charge in [-0.1, -0.05) is 0 Å². The minimum Gasteiger partial charge on any atom is -0.394 e. The molecule has 0 aromatic carbocycles. The number of aromatic nitrogens is 2. The molecule has 1 aromatic heterocycles. The minimum absolute atomic E-state index is 0.267. The third-order valence-electron chi connectivity index (χ3n) is 0.870. The Morgan fingerprint density at radius 1 is 1.00 bits per heavy atom. The van der Waals surface area contributed by atoms with Gasteiger partial charge in [0.25, 0.3) is 0 Å². The number of nitrogen functional groups attached to an aromatic ring is 2. The number of rotatable bonds is 0. The molecule has 54 valence electrons. The fourth-order valence-corrected chi connectivity index (χ4v) is 1.95. The summed E-state index contributed by atoms with van der Waals surface area (Å²) in [5.41, 5.74) is 11.5. The lowest BCUT2D eigenvalue weighted by Crippen LogP contribution is -2.03. The monoisotopic (exact) mass is 362 g/mol. The fraction of sp³-hybridized carbons (Fsp3) is 0. The zero-order valence-electron chi connectivity index (χ0n) is 4.81. The number of nitrogens with two attached hydrogens (primary N) is 2. The highest BCUT2D eigenvalue weighted by Crippen LogP contribution is 2.17. The van der Waals surface area contributed by atoms with Gasteiger partial charge >= 0.3 is 0 Å². The number of anilines is 2. The summed E-state index contributed by atoms with van der Waals surface area (Å²) in [4.78, 5) is 7.72. The molecule has 0 radical (unpaired) electrons. The Morgan fingerprint density at radius 2 is 1.40 bits per heavy atom. The van der Waals surface area contributed by atoms with Crippen LogP contribution in [0.25, 0.3) is 0 Å². The predicted molar refractivity (Wildman–Crippen MR) is 56.3 cm³/mol. The Bertz CT molecular complexity index is 238. The van der Waals surface area contributed by atoms with E-state index in [1.165, 1.54) is 0 Å². The molecule has 0 amide bonds. The molecule has 0 atom stereocenters. The molecule has 4 N–H and O–H groups in total. The topological polar surface area (TPSA) is 77.8 Å². The van der Waals surface area contributed by atoms with Gasteiger partial charge in [0.05, 0.1) is 5.69 Å². The molecule has 6 heteroatoms. The average molecular weight is 362 g/mol. The summed E-state index contributed by atoms with van der Waals surface area (Å²) in [6.07, 6.45) is 0. The molecule has 0 aliphatic carbocycles. The van der Waals surface area contributed by atoms with E-state index in [9.17, 15) is 0 Å². The number of nitrogens with zero attached hydrogens (tertiary/aromatic N) is 2. The summed E-state index contributed by atoms with van der Waals surface area (Å²) in [5, 5.41) is 0. The van der Waals surface area contributed by atoms with Gasteiger partial charge in [0.1, 0.15) is 7.40 Å². The van der Waals surface area contributed by atoms with Crippen LogP contribution in [0.15, 0.2) is 0 Å². The van der Waals surface area contributed by atoms with Gasteiger partial charge in [-0.25, -0.2) is 9.97 Å². The first kappa shape index (κ1) is 8.24. The van der Waals surface area contributed by atoms with Crippen LogP contribution in [0, 0.1) is 7.40 Å². The maximum atomic E-state index is 5.56. The van der Waals surface area contributed by atoms with Crippen LogP contribution in [-0.4, -0.2) is 9.97 Å². The number of hydrogen-bond donors (Lipinski definition) is 2. The SMILES string of the molecule is Nc1nc(I)c(N)c(I)n1. The van der Waals surface area contributed by atoms with Crippen molar-refractivity contribution < 1.29 is 0 Å². The maximum absolute atomic E-state index is 5.56. The zero-order chi connectivity index (χ0) is 7.72. The molecule has 0 fully saturated rings. The van der Waals surface area contributed by atoms with Gasteiger partial charge in [-0.15, -0.1) is 0 Å². The number of hydrogen-bond acceptors (Lipinski definition) is 4. The Kier molecular flexibility index (Phi) is 2.50. The third-order valence-corrected chi connectivity index (χ3v) is 2.51. The van der Waals surface area contributed by atoms with E-state index in [1.807, 2.05) is 45.2 Å². The lowest BCUT2D eigenvalue weighted by atomic mass is 10.6. The molecule has 0 bridgehead atoms. The van der Waals surface area contributed by atoms with Crippen molar-refractivity contribution in [2.24, 2.45) is 0 Å². The van der Waals surface area contributed by atoms with Crippen molar-refractivity contribution in [2.45, 2.75) is 0 Å². The summed E-state index contributed by atoms with van der Waals surface area (Å²) < 4.78 is 1.41. The summed E-state index contributed by atoms with van der Waals surface area (Å²) >= 11 is 4.03. The van der Waals surface area contributed by atoms with Gasteiger partial charge in [0, 0.05) is 0 Å². The fourth-order valence-electron chi connectivity index (χ4n) is 0.432. The van der Waals surface area contributed by atoms with Crippen molar-refractivity contribution in [3.63, 3.8) is 0 Å². The van der Waals surface area contributed by atoms with Crippen LogP contribution in [0.5, 0.6) is 0 Å². The second-order valence-electron chi connectivity index (χ2n) is 1.58. The van der Waals surface area contributed by atoms with Gasteiger partial charge < -0.3 is 11.5 Å². The first-order valence-electron chi connectivity index (χ1n) is 2.35. The molecule has 1 rings (SSSR count). The van der Waals surface area contributed by atoms with Gasteiger partial charge in [0.15, 0.2) is 0 Å². The lowest BCUT2D eigenvalue weighted by molar-refractivity contribution is 1.13. The summed E-state index contributed by atoms with van der Waals surface area (Å²) in [6, 6.07) is 0. The Labute approximate surface area is 85.1 Å². The summed E-state index contributed by atoms with van der Waals surface area (Å²) in [5.74, 6) is 0.267. The van der Waals surface area contributed by atoms with Crippen molar-refractivity contribution >= 4 is 56.8 Å². The Hall–Kier alpha value is 0.140. The molecular weight excluding hydrogens is 358 g/mol. The highest BCUT2D eigenvalue weighted by Gasteiger charge is 2.03. The van der Waals surface area contributed by atoms with Gasteiger partial charge in [-0.2, -0.15) is 0 Å². The van der Waals surface area contributed by atoms with E-state index >= 15 is 0 Å². The molecule has 0 saturated heterocycles. The van der Waals surface area contributed by atoms with Crippen molar-refractivity contribution in [3.8, 4) is 0 Å². The van der Waals surface area contributed by atoms with Crippen LogP contribution in [0.1, 0.15) is 0 Å². The van der Waals surface area contributed by atoms with Crippen LogP contribution in [0.2, 0.25) is 0 Å². The average Bonchev–Trinajstić information content (AvgIpc) is 1.82. The van der Waals surface area contributed by atoms with E-state index < -0.39 is 0 Å². The zero-order valence-corrected chi connectivity index (χ0v) is 9.12. The Morgan fingerprint density at radius 3 is 1.80 bits per heavy atom. The molecule has 4 nitrogen and oxygen atoms in total. The van der Waals surface area contributed by atoms with Gasteiger partial charge in [-0.3, -0.25) is 0 Å². The maximum Gasteiger partial charge on any atom is 0.222 e. The highest BCUT2D eigenvalue weighted by molar-refractivity contribution is 14.1. The van der Waals surface area contributed by atoms with E-state index in [2.05, 4.69) is 9.97 Å². The van der Waals surface area contributed by atoms with E-state index in [0.717, 1.165) is 0 Å². The molecule has 1 aromatic rings. The molecule has 0 unspecified atom stereocenters. The molecule has 0 aliphatic rings. The van der Waals surface area contributed by atoms with Gasteiger partial charge in [0.2, 0.25) is 5.95 Å². The van der Waals surface area contributed by atoms with Gasteiger partial charge in [-0.05, 0) is 45.2 Å². The van der Waals surface area contributed by atoms with Crippen molar-refractivity contribution in [1.29, 1.82) is 0 Å². The van der Waals surface area contributed by atoms with Crippen molar-refractivity contribution in [1.82, 2.24) is 9.97 Å². The van der Waals surface area contributed by atoms with Crippen LogP contribution in [-0.2, 0) is 0 Å².